The van der Waals surface area contributed by atoms with Crippen molar-refractivity contribution in [3.63, 3.8) is 0 Å². The fourth-order valence-electron chi connectivity index (χ4n) is 1.74. The maximum absolute atomic E-state index is 8.80. The van der Waals surface area contributed by atoms with E-state index in [0.29, 0.717) is 17.1 Å². The number of nitrogens with zero attached hydrogens (tertiary/aromatic N) is 1. The van der Waals surface area contributed by atoms with Gasteiger partial charge in [0.25, 0.3) is 0 Å². The van der Waals surface area contributed by atoms with Gasteiger partial charge >= 0.3 is 0 Å². The molecule has 0 aliphatic carbocycles. The molecular weight excluding hydrogens is 324 g/mol. The summed E-state index contributed by atoms with van der Waals surface area (Å²) in [7, 11) is 0. The number of anilines is 1. The lowest BCUT2D eigenvalue weighted by Gasteiger charge is -2.11. The molecule has 0 bridgehead atoms. The molecule has 2 nitrogen and oxygen atoms in total. The van der Waals surface area contributed by atoms with Crippen molar-refractivity contribution in [3.8, 4) is 6.07 Å². The Bertz CT molecular complexity index is 647. The van der Waals surface area contributed by atoms with Crippen LogP contribution in [0, 0.1) is 18.3 Å². The van der Waals surface area contributed by atoms with E-state index in [4.69, 9.17) is 16.9 Å². The normalized spacial score (nSPS) is 10.0. The number of nitrogens with one attached hydrogen (secondary N) is 1. The van der Waals surface area contributed by atoms with Gasteiger partial charge in [0.05, 0.1) is 11.6 Å². The second kappa shape index (κ2) is 6.10. The van der Waals surface area contributed by atoms with Crippen molar-refractivity contribution in [2.24, 2.45) is 0 Å². The molecule has 2 aromatic carbocycles. The van der Waals surface area contributed by atoms with Crippen LogP contribution in [0.5, 0.6) is 0 Å². The summed E-state index contributed by atoms with van der Waals surface area (Å²) in [6.07, 6.45) is 0. The van der Waals surface area contributed by atoms with Crippen LogP contribution in [0.15, 0.2) is 40.9 Å². The largest absolute Gasteiger partial charge is 0.381 e. The smallest absolute Gasteiger partial charge is 0.0992 e. The standard InChI is InChI=1S/C15H12BrClN2/c1-10-2-5-13(16)7-15(10)19-9-12-4-3-11(8-18)6-14(12)17/h2-7,19H,9H2,1H3. The highest BCUT2D eigenvalue weighted by molar-refractivity contribution is 9.10. The number of hydrogen-bond donors (Lipinski definition) is 1. The number of halogens is 2. The molecule has 0 aliphatic heterocycles. The summed E-state index contributed by atoms with van der Waals surface area (Å²) in [5, 5.41) is 12.8. The summed E-state index contributed by atoms with van der Waals surface area (Å²) >= 11 is 9.60. The van der Waals surface area contributed by atoms with Crippen LogP contribution in [0.3, 0.4) is 0 Å². The van der Waals surface area contributed by atoms with Gasteiger partial charge in [0, 0.05) is 21.7 Å². The zero-order valence-electron chi connectivity index (χ0n) is 10.4. The zero-order chi connectivity index (χ0) is 13.8. The molecule has 0 spiro atoms. The van der Waals surface area contributed by atoms with Crippen molar-refractivity contribution in [1.82, 2.24) is 0 Å². The molecule has 0 amide bonds. The van der Waals surface area contributed by atoms with Crippen LogP contribution in [0.2, 0.25) is 5.02 Å². The highest BCUT2D eigenvalue weighted by Crippen LogP contribution is 2.23. The summed E-state index contributed by atoms with van der Waals surface area (Å²) in [4.78, 5) is 0. The van der Waals surface area contributed by atoms with Crippen LogP contribution < -0.4 is 5.32 Å². The Morgan fingerprint density at radius 2 is 2.05 bits per heavy atom. The predicted molar refractivity (Wildman–Crippen MR) is 82.4 cm³/mol. The third kappa shape index (κ3) is 3.50. The van der Waals surface area contributed by atoms with Crippen molar-refractivity contribution in [1.29, 1.82) is 5.26 Å². The first kappa shape index (κ1) is 13.9. The molecule has 0 aromatic heterocycles. The summed E-state index contributed by atoms with van der Waals surface area (Å²) in [6, 6.07) is 13.5. The lowest BCUT2D eigenvalue weighted by molar-refractivity contribution is 1.14. The quantitative estimate of drug-likeness (QED) is 0.866. The van der Waals surface area contributed by atoms with E-state index in [1.165, 1.54) is 5.56 Å². The van der Waals surface area contributed by atoms with Crippen LogP contribution in [-0.2, 0) is 6.54 Å². The molecular formula is C15H12BrClN2. The summed E-state index contributed by atoms with van der Waals surface area (Å²) in [5.41, 5.74) is 3.79. The third-order valence-corrected chi connectivity index (χ3v) is 3.70. The molecule has 0 saturated carbocycles. The number of aryl methyl sites for hydroxylation is 1. The maximum Gasteiger partial charge on any atom is 0.0992 e. The minimum atomic E-state index is 0.576. The van der Waals surface area contributed by atoms with Gasteiger partial charge in [-0.15, -0.1) is 0 Å². The average molecular weight is 336 g/mol. The van der Waals surface area contributed by atoms with Gasteiger partial charge in [0.1, 0.15) is 0 Å². The predicted octanol–water partition coefficient (Wildman–Crippen LogP) is 4.89. The molecule has 0 heterocycles. The molecule has 0 aliphatic rings. The van der Waals surface area contributed by atoms with Gasteiger partial charge in [-0.3, -0.25) is 0 Å². The number of rotatable bonds is 3. The molecule has 0 fully saturated rings. The van der Waals surface area contributed by atoms with Gasteiger partial charge in [-0.25, -0.2) is 0 Å². The molecule has 0 atom stereocenters. The summed E-state index contributed by atoms with van der Waals surface area (Å²) in [6.45, 7) is 2.68. The van der Waals surface area contributed by atoms with Gasteiger partial charge in [0.2, 0.25) is 0 Å². The summed E-state index contributed by atoms with van der Waals surface area (Å²) < 4.78 is 1.03. The van der Waals surface area contributed by atoms with Crippen LogP contribution in [0.4, 0.5) is 5.69 Å². The highest BCUT2D eigenvalue weighted by Gasteiger charge is 2.03. The van der Waals surface area contributed by atoms with E-state index < -0.39 is 0 Å². The fraction of sp³-hybridized carbons (Fsp3) is 0.133. The van der Waals surface area contributed by atoms with Crippen molar-refractivity contribution >= 4 is 33.2 Å². The van der Waals surface area contributed by atoms with Crippen LogP contribution in [-0.4, -0.2) is 0 Å². The minimum Gasteiger partial charge on any atom is -0.381 e. The van der Waals surface area contributed by atoms with Gasteiger partial charge in [-0.05, 0) is 42.3 Å². The average Bonchev–Trinajstić information content (AvgIpc) is 2.40. The second-order valence-electron chi connectivity index (χ2n) is 4.23. The second-order valence-corrected chi connectivity index (χ2v) is 5.55. The van der Waals surface area contributed by atoms with E-state index in [-0.39, 0.29) is 0 Å². The monoisotopic (exact) mass is 334 g/mol. The Labute approximate surface area is 126 Å². The Balaban J connectivity index is 2.15. The molecule has 2 aromatic rings. The Morgan fingerprint density at radius 3 is 2.74 bits per heavy atom. The first-order chi connectivity index (χ1) is 9.10. The van der Waals surface area contributed by atoms with Crippen LogP contribution >= 0.6 is 27.5 Å². The molecule has 2 rings (SSSR count). The molecule has 0 unspecified atom stereocenters. The van der Waals surface area contributed by atoms with E-state index in [0.717, 1.165) is 15.7 Å². The van der Waals surface area contributed by atoms with Crippen molar-refractivity contribution < 1.29 is 0 Å². The van der Waals surface area contributed by atoms with E-state index in [9.17, 15) is 0 Å². The lowest BCUT2D eigenvalue weighted by Crippen LogP contribution is -2.01. The van der Waals surface area contributed by atoms with Gasteiger partial charge in [0.15, 0.2) is 0 Å². The molecule has 96 valence electrons. The maximum atomic E-state index is 8.80. The lowest BCUT2D eigenvalue weighted by atomic mass is 10.1. The molecule has 19 heavy (non-hydrogen) atoms. The van der Waals surface area contributed by atoms with E-state index in [1.807, 2.05) is 24.3 Å². The Hall–Kier alpha value is -1.50. The molecule has 0 saturated heterocycles. The molecule has 1 N–H and O–H groups in total. The van der Waals surface area contributed by atoms with Gasteiger partial charge < -0.3 is 5.32 Å². The number of nitriles is 1. The van der Waals surface area contributed by atoms with Crippen molar-refractivity contribution in [2.45, 2.75) is 13.5 Å². The SMILES string of the molecule is Cc1ccc(Br)cc1NCc1ccc(C#N)cc1Cl. The summed E-state index contributed by atoms with van der Waals surface area (Å²) in [5.74, 6) is 0. The number of benzene rings is 2. The minimum absolute atomic E-state index is 0.576. The first-order valence-electron chi connectivity index (χ1n) is 5.78. The van der Waals surface area contributed by atoms with Crippen LogP contribution in [0.1, 0.15) is 16.7 Å². The topological polar surface area (TPSA) is 35.8 Å². The fourth-order valence-corrected chi connectivity index (χ4v) is 2.34. The number of hydrogen-bond acceptors (Lipinski definition) is 2. The van der Waals surface area contributed by atoms with Crippen LogP contribution in [0.25, 0.3) is 0 Å². The molecule has 4 heteroatoms. The van der Waals surface area contributed by atoms with Gasteiger partial charge in [-0.1, -0.05) is 39.7 Å². The first-order valence-corrected chi connectivity index (χ1v) is 6.96. The zero-order valence-corrected chi connectivity index (χ0v) is 12.7. The van der Waals surface area contributed by atoms with Crippen molar-refractivity contribution in [2.75, 3.05) is 5.32 Å². The van der Waals surface area contributed by atoms with E-state index in [2.05, 4.69) is 34.2 Å². The van der Waals surface area contributed by atoms with Crippen molar-refractivity contribution in [3.05, 3.63) is 62.6 Å². The van der Waals surface area contributed by atoms with E-state index >= 15 is 0 Å². The molecule has 0 radical (unpaired) electrons. The Morgan fingerprint density at radius 1 is 1.26 bits per heavy atom. The third-order valence-electron chi connectivity index (χ3n) is 2.85. The van der Waals surface area contributed by atoms with Gasteiger partial charge in [-0.2, -0.15) is 5.26 Å². The van der Waals surface area contributed by atoms with E-state index in [1.54, 1.807) is 12.1 Å². The highest BCUT2D eigenvalue weighted by atomic mass is 79.9. The Kier molecular flexibility index (Phi) is 4.47.